The van der Waals surface area contributed by atoms with Crippen molar-refractivity contribution in [2.24, 2.45) is 5.73 Å². The van der Waals surface area contributed by atoms with Crippen molar-refractivity contribution in [2.75, 3.05) is 26.8 Å². The molecule has 0 spiro atoms. The minimum atomic E-state index is 0.0212. The lowest BCUT2D eigenvalue weighted by Crippen LogP contribution is -2.42. The molecular formula is C15H24N4O. The van der Waals surface area contributed by atoms with Crippen molar-refractivity contribution in [1.29, 1.82) is 5.26 Å². The molecule has 0 aliphatic carbocycles. The second-order valence-corrected chi connectivity index (χ2v) is 4.73. The Morgan fingerprint density at radius 3 is 2.65 bits per heavy atom. The van der Waals surface area contributed by atoms with Crippen LogP contribution in [0, 0.1) is 11.3 Å². The first-order valence-electron chi connectivity index (χ1n) is 7.00. The molecule has 2 unspecified atom stereocenters. The van der Waals surface area contributed by atoms with Crippen LogP contribution in [0.3, 0.4) is 0 Å². The van der Waals surface area contributed by atoms with Crippen LogP contribution in [0.15, 0.2) is 24.5 Å². The molecule has 0 aliphatic heterocycles. The van der Waals surface area contributed by atoms with Gasteiger partial charge in [0.05, 0.1) is 18.7 Å². The van der Waals surface area contributed by atoms with Crippen molar-refractivity contribution in [1.82, 2.24) is 9.88 Å². The summed E-state index contributed by atoms with van der Waals surface area (Å²) < 4.78 is 5.17. The number of rotatable bonds is 9. The largest absolute Gasteiger partial charge is 0.383 e. The molecular weight excluding hydrogens is 252 g/mol. The Hall–Kier alpha value is -1.48. The highest BCUT2D eigenvalue weighted by Gasteiger charge is 2.25. The van der Waals surface area contributed by atoms with Gasteiger partial charge in [0, 0.05) is 45.1 Å². The Labute approximate surface area is 121 Å². The van der Waals surface area contributed by atoms with E-state index in [1.165, 1.54) is 0 Å². The van der Waals surface area contributed by atoms with Gasteiger partial charge in [0.15, 0.2) is 0 Å². The normalized spacial score (nSPS) is 13.9. The average molecular weight is 276 g/mol. The van der Waals surface area contributed by atoms with E-state index in [9.17, 15) is 0 Å². The third kappa shape index (κ3) is 4.89. The summed E-state index contributed by atoms with van der Waals surface area (Å²) in [5, 5.41) is 8.84. The summed E-state index contributed by atoms with van der Waals surface area (Å²) >= 11 is 0. The van der Waals surface area contributed by atoms with Crippen molar-refractivity contribution >= 4 is 0 Å². The minimum absolute atomic E-state index is 0.0212. The van der Waals surface area contributed by atoms with Gasteiger partial charge in [-0.25, -0.2) is 0 Å². The van der Waals surface area contributed by atoms with Crippen LogP contribution in [0.2, 0.25) is 0 Å². The number of nitrogens with two attached hydrogens (primary N) is 1. The van der Waals surface area contributed by atoms with E-state index in [2.05, 4.69) is 22.9 Å². The Kier molecular flexibility index (Phi) is 7.81. The Balaban J connectivity index is 2.94. The molecule has 5 heteroatoms. The predicted octanol–water partition coefficient (Wildman–Crippen LogP) is 1.72. The van der Waals surface area contributed by atoms with Crippen LogP contribution < -0.4 is 5.73 Å². The highest BCUT2D eigenvalue weighted by molar-refractivity contribution is 5.17. The average Bonchev–Trinajstić information content (AvgIpc) is 2.50. The van der Waals surface area contributed by atoms with Crippen molar-refractivity contribution in [3.8, 4) is 6.07 Å². The molecule has 0 amide bonds. The van der Waals surface area contributed by atoms with Crippen LogP contribution in [0.25, 0.3) is 0 Å². The van der Waals surface area contributed by atoms with E-state index in [1.54, 1.807) is 19.5 Å². The highest BCUT2D eigenvalue weighted by atomic mass is 16.5. The first kappa shape index (κ1) is 16.6. The number of nitriles is 1. The fraction of sp³-hybridized carbons (Fsp3) is 0.600. The molecule has 20 heavy (non-hydrogen) atoms. The summed E-state index contributed by atoms with van der Waals surface area (Å²) in [5.41, 5.74) is 7.45. The molecule has 0 saturated heterocycles. The van der Waals surface area contributed by atoms with Gasteiger partial charge in [0.2, 0.25) is 0 Å². The first-order valence-corrected chi connectivity index (χ1v) is 7.00. The Bertz CT molecular complexity index is 404. The van der Waals surface area contributed by atoms with Crippen LogP contribution >= 0.6 is 0 Å². The van der Waals surface area contributed by atoms with E-state index >= 15 is 0 Å². The molecule has 2 atom stereocenters. The summed E-state index contributed by atoms with van der Waals surface area (Å²) in [7, 11) is 1.68. The van der Waals surface area contributed by atoms with Gasteiger partial charge in [0.1, 0.15) is 0 Å². The second-order valence-electron chi connectivity index (χ2n) is 4.73. The monoisotopic (exact) mass is 276 g/mol. The van der Waals surface area contributed by atoms with E-state index in [0.29, 0.717) is 19.6 Å². The first-order chi connectivity index (χ1) is 9.74. The zero-order valence-corrected chi connectivity index (χ0v) is 12.3. The van der Waals surface area contributed by atoms with Gasteiger partial charge in [-0.1, -0.05) is 6.92 Å². The van der Waals surface area contributed by atoms with Crippen LogP contribution in [-0.4, -0.2) is 42.7 Å². The summed E-state index contributed by atoms with van der Waals surface area (Å²) in [6.45, 7) is 4.17. The maximum Gasteiger partial charge on any atom is 0.0635 e. The smallest absolute Gasteiger partial charge is 0.0635 e. The molecule has 0 aliphatic rings. The van der Waals surface area contributed by atoms with Gasteiger partial charge in [-0.05, 0) is 24.1 Å². The topological polar surface area (TPSA) is 75.2 Å². The number of hydrogen-bond donors (Lipinski definition) is 1. The Morgan fingerprint density at radius 2 is 2.10 bits per heavy atom. The summed E-state index contributed by atoms with van der Waals surface area (Å²) in [5.74, 6) is 0. The van der Waals surface area contributed by atoms with Crippen LogP contribution in [0.1, 0.15) is 31.4 Å². The highest BCUT2D eigenvalue weighted by Crippen LogP contribution is 2.24. The third-order valence-corrected chi connectivity index (χ3v) is 3.41. The SMILES string of the molecule is CCC(N)C(c1ccncc1)N(CCC#N)CCOC. The fourth-order valence-corrected chi connectivity index (χ4v) is 2.30. The predicted molar refractivity (Wildman–Crippen MR) is 78.9 cm³/mol. The van der Waals surface area contributed by atoms with E-state index in [0.717, 1.165) is 18.5 Å². The van der Waals surface area contributed by atoms with Gasteiger partial charge in [-0.15, -0.1) is 0 Å². The number of pyridine rings is 1. The van der Waals surface area contributed by atoms with Crippen molar-refractivity contribution in [3.05, 3.63) is 30.1 Å². The quantitative estimate of drug-likeness (QED) is 0.743. The standard InChI is InChI=1S/C15H24N4O/c1-3-14(17)15(13-5-8-18-9-6-13)19(10-4-7-16)11-12-20-2/h5-6,8-9,14-15H,3-4,10-12,17H2,1-2H3. The van der Waals surface area contributed by atoms with Gasteiger partial charge < -0.3 is 10.5 Å². The van der Waals surface area contributed by atoms with Gasteiger partial charge in [-0.3, -0.25) is 9.88 Å². The number of hydrogen-bond acceptors (Lipinski definition) is 5. The molecule has 5 nitrogen and oxygen atoms in total. The summed E-state index contributed by atoms with van der Waals surface area (Å²) in [4.78, 5) is 6.29. The van der Waals surface area contributed by atoms with E-state index in [1.807, 2.05) is 12.1 Å². The lowest BCUT2D eigenvalue weighted by Gasteiger charge is -2.35. The van der Waals surface area contributed by atoms with Crippen molar-refractivity contribution < 1.29 is 4.74 Å². The number of ether oxygens (including phenoxy) is 1. The molecule has 0 saturated carbocycles. The van der Waals surface area contributed by atoms with Gasteiger partial charge >= 0.3 is 0 Å². The molecule has 0 fully saturated rings. The zero-order valence-electron chi connectivity index (χ0n) is 12.3. The molecule has 110 valence electrons. The van der Waals surface area contributed by atoms with E-state index < -0.39 is 0 Å². The molecule has 0 radical (unpaired) electrons. The summed E-state index contributed by atoms with van der Waals surface area (Å²) in [6, 6.07) is 6.30. The third-order valence-electron chi connectivity index (χ3n) is 3.41. The molecule has 1 aromatic rings. The second kappa shape index (κ2) is 9.43. The Morgan fingerprint density at radius 1 is 1.40 bits per heavy atom. The van der Waals surface area contributed by atoms with E-state index in [4.69, 9.17) is 15.7 Å². The summed E-state index contributed by atoms with van der Waals surface area (Å²) in [6.07, 6.45) is 4.93. The number of methoxy groups -OCH3 is 1. The molecule has 1 aromatic heterocycles. The maximum absolute atomic E-state index is 8.84. The van der Waals surface area contributed by atoms with Crippen molar-refractivity contribution in [2.45, 2.75) is 31.8 Å². The van der Waals surface area contributed by atoms with Crippen molar-refractivity contribution in [3.63, 3.8) is 0 Å². The lowest BCUT2D eigenvalue weighted by atomic mass is 9.97. The van der Waals surface area contributed by atoms with Crippen LogP contribution in [0.5, 0.6) is 0 Å². The lowest BCUT2D eigenvalue weighted by molar-refractivity contribution is 0.109. The van der Waals surface area contributed by atoms with Gasteiger partial charge in [0.25, 0.3) is 0 Å². The number of nitrogens with zero attached hydrogens (tertiary/aromatic N) is 3. The van der Waals surface area contributed by atoms with E-state index in [-0.39, 0.29) is 12.1 Å². The number of aromatic nitrogens is 1. The molecule has 0 bridgehead atoms. The molecule has 2 N–H and O–H groups in total. The minimum Gasteiger partial charge on any atom is -0.383 e. The van der Waals surface area contributed by atoms with Crippen LogP contribution in [0.4, 0.5) is 0 Å². The molecule has 1 heterocycles. The molecule has 1 rings (SSSR count). The maximum atomic E-state index is 8.84. The zero-order chi connectivity index (χ0) is 14.8. The van der Waals surface area contributed by atoms with Gasteiger partial charge in [-0.2, -0.15) is 5.26 Å². The fourth-order valence-electron chi connectivity index (χ4n) is 2.30. The van der Waals surface area contributed by atoms with Crippen LogP contribution in [-0.2, 0) is 4.74 Å². The molecule has 0 aromatic carbocycles.